The molecule has 0 fully saturated rings. The smallest absolute Gasteiger partial charge is 0.155 e. The molecule has 0 unspecified atom stereocenters. The number of pyridine rings is 1. The first-order valence-electron chi connectivity index (χ1n) is 11.5. The van der Waals surface area contributed by atoms with Crippen LogP contribution in [0, 0.1) is 6.07 Å². The van der Waals surface area contributed by atoms with Crippen LogP contribution in [0.5, 0.6) is 0 Å². The van der Waals surface area contributed by atoms with E-state index in [0.29, 0.717) is 11.8 Å². The number of fused-ring (bicyclic) bond motifs is 1. The number of benzene rings is 2. The van der Waals surface area contributed by atoms with E-state index in [4.69, 9.17) is 9.52 Å². The van der Waals surface area contributed by atoms with Crippen LogP contribution in [0.4, 0.5) is 0 Å². The number of ketones is 1. The first-order valence-corrected chi connectivity index (χ1v) is 11.5. The molecular formula is C30H32IrNO3-. The molecule has 2 aromatic carbocycles. The van der Waals surface area contributed by atoms with E-state index >= 15 is 0 Å². The zero-order chi connectivity index (χ0) is 24.8. The van der Waals surface area contributed by atoms with Crippen molar-refractivity contribution in [2.75, 3.05) is 0 Å². The summed E-state index contributed by atoms with van der Waals surface area (Å²) >= 11 is 0. The van der Waals surface area contributed by atoms with Gasteiger partial charge in [0.05, 0.1) is 12.0 Å². The number of furan rings is 1. The third kappa shape index (κ3) is 7.74. The van der Waals surface area contributed by atoms with Crippen molar-refractivity contribution in [3.63, 3.8) is 0 Å². The molecule has 4 nitrogen and oxygen atoms in total. The van der Waals surface area contributed by atoms with Gasteiger partial charge in [0.2, 0.25) is 0 Å². The number of carbonyl (C=O) groups is 1. The van der Waals surface area contributed by atoms with Crippen molar-refractivity contribution >= 4 is 16.8 Å². The van der Waals surface area contributed by atoms with Crippen LogP contribution in [0.1, 0.15) is 64.5 Å². The van der Waals surface area contributed by atoms with Gasteiger partial charge in [-0.05, 0) is 60.7 Å². The maximum atomic E-state index is 10.0. The van der Waals surface area contributed by atoms with Crippen LogP contribution in [0.15, 0.2) is 77.0 Å². The summed E-state index contributed by atoms with van der Waals surface area (Å²) in [6.45, 7) is 11.8. The Hall–Kier alpha value is -3.01. The van der Waals surface area contributed by atoms with Gasteiger partial charge in [-0.25, -0.2) is 0 Å². The SMILES string of the molecule is CC(=O)/C=C(/C)O.CC(C)c1cc(-c2cc3cc(-c4[c-]cccc4)ncc3o2)cc(C(C)C)c1.[Ir]. The molecule has 185 valence electrons. The number of rotatable bonds is 5. The quantitative estimate of drug-likeness (QED) is 0.135. The number of allylic oxidation sites excluding steroid dienone is 2. The Morgan fingerprint density at radius 1 is 1.00 bits per heavy atom. The molecule has 35 heavy (non-hydrogen) atoms. The molecule has 0 aliphatic rings. The van der Waals surface area contributed by atoms with Crippen molar-refractivity contribution in [3.8, 4) is 22.6 Å². The zero-order valence-electron chi connectivity index (χ0n) is 21.0. The fourth-order valence-electron chi connectivity index (χ4n) is 3.57. The number of aliphatic hydroxyl groups is 1. The molecule has 0 bridgehead atoms. The molecule has 1 radical (unpaired) electrons. The molecule has 2 heterocycles. The van der Waals surface area contributed by atoms with E-state index < -0.39 is 0 Å². The first kappa shape index (κ1) is 28.2. The summed E-state index contributed by atoms with van der Waals surface area (Å²) in [5, 5.41) is 9.43. The van der Waals surface area contributed by atoms with E-state index in [2.05, 4.69) is 69.1 Å². The Kier molecular flexibility index (Phi) is 10.2. The fraction of sp³-hybridized carbons (Fsp3) is 0.267. The Balaban J connectivity index is 0.000000476. The van der Waals surface area contributed by atoms with Gasteiger partial charge in [-0.3, -0.25) is 4.79 Å². The van der Waals surface area contributed by atoms with E-state index in [-0.39, 0.29) is 31.6 Å². The molecule has 4 rings (SSSR count). The molecule has 2 aromatic heterocycles. The molecule has 5 heteroatoms. The number of hydrogen-bond acceptors (Lipinski definition) is 4. The molecule has 0 amide bonds. The summed E-state index contributed by atoms with van der Waals surface area (Å²) in [5.74, 6) is 1.79. The maximum absolute atomic E-state index is 10.0. The first-order chi connectivity index (χ1) is 16.1. The largest absolute Gasteiger partial charge is 0.512 e. The monoisotopic (exact) mass is 647 g/mol. The van der Waals surface area contributed by atoms with E-state index in [0.717, 1.165) is 33.6 Å². The van der Waals surface area contributed by atoms with Crippen LogP contribution < -0.4 is 0 Å². The van der Waals surface area contributed by atoms with Crippen molar-refractivity contribution in [1.29, 1.82) is 0 Å². The van der Waals surface area contributed by atoms with Crippen LogP contribution in [-0.2, 0) is 24.9 Å². The third-order valence-electron chi connectivity index (χ3n) is 5.40. The van der Waals surface area contributed by atoms with Gasteiger partial charge < -0.3 is 14.5 Å². The summed E-state index contributed by atoms with van der Waals surface area (Å²) in [4.78, 5) is 14.6. The van der Waals surface area contributed by atoms with Crippen LogP contribution in [-0.4, -0.2) is 15.9 Å². The number of nitrogens with zero attached hydrogens (tertiary/aromatic N) is 1. The van der Waals surface area contributed by atoms with Gasteiger partial charge in [-0.2, -0.15) is 0 Å². The number of carbonyl (C=O) groups excluding carboxylic acids is 1. The molecule has 0 aliphatic carbocycles. The average molecular weight is 647 g/mol. The normalized spacial score (nSPS) is 11.3. The molecule has 4 aromatic rings. The molecule has 0 spiro atoms. The van der Waals surface area contributed by atoms with Crippen molar-refractivity contribution in [1.82, 2.24) is 4.98 Å². The Bertz CT molecular complexity index is 1270. The van der Waals surface area contributed by atoms with E-state index in [1.807, 2.05) is 30.5 Å². The van der Waals surface area contributed by atoms with Crippen molar-refractivity contribution in [2.45, 2.75) is 53.4 Å². The number of aliphatic hydroxyl groups excluding tert-OH is 1. The van der Waals surface area contributed by atoms with E-state index in [1.54, 1.807) is 0 Å². The molecule has 0 aliphatic heterocycles. The fourth-order valence-corrected chi connectivity index (χ4v) is 3.57. The summed E-state index contributed by atoms with van der Waals surface area (Å²) in [6.07, 6.45) is 2.98. The van der Waals surface area contributed by atoms with Crippen molar-refractivity contribution in [3.05, 3.63) is 89.8 Å². The minimum atomic E-state index is -0.125. The predicted molar refractivity (Wildman–Crippen MR) is 139 cm³/mol. The minimum absolute atomic E-state index is 0. The van der Waals surface area contributed by atoms with Gasteiger partial charge in [-0.15, -0.1) is 35.9 Å². The summed E-state index contributed by atoms with van der Waals surface area (Å²) in [5.41, 5.74) is 6.53. The molecule has 0 saturated heterocycles. The second-order valence-electron chi connectivity index (χ2n) is 9.09. The maximum Gasteiger partial charge on any atom is 0.155 e. The second-order valence-corrected chi connectivity index (χ2v) is 9.09. The average Bonchev–Trinajstić information content (AvgIpc) is 3.22. The van der Waals surface area contributed by atoms with Gasteiger partial charge in [0.25, 0.3) is 0 Å². The van der Waals surface area contributed by atoms with Crippen LogP contribution in [0.2, 0.25) is 0 Å². The predicted octanol–water partition coefficient (Wildman–Crippen LogP) is 8.24. The molecular weight excluding hydrogens is 615 g/mol. The van der Waals surface area contributed by atoms with Gasteiger partial charge in [0.15, 0.2) is 11.4 Å². The number of hydrogen-bond donors (Lipinski definition) is 1. The van der Waals surface area contributed by atoms with E-state index in [9.17, 15) is 4.79 Å². The minimum Gasteiger partial charge on any atom is -0.512 e. The second kappa shape index (κ2) is 12.6. The van der Waals surface area contributed by atoms with Crippen LogP contribution in [0.25, 0.3) is 33.6 Å². The Morgan fingerprint density at radius 3 is 2.14 bits per heavy atom. The topological polar surface area (TPSA) is 63.3 Å². The standard InChI is InChI=1S/C25H24NO.C5H8O2.Ir/c1-16(2)19-10-20(17(3)4)12-21(11-19)24-14-22-13-23(26-15-25(22)27-24)18-8-6-5-7-9-18;1-4(6)3-5(2)7;/h5-8,10-17H,1-4H3;3,6H,1-2H3;/q-1;;/b;4-3-;. The Morgan fingerprint density at radius 2 is 1.66 bits per heavy atom. The summed E-state index contributed by atoms with van der Waals surface area (Å²) < 4.78 is 6.14. The van der Waals surface area contributed by atoms with Gasteiger partial charge >= 0.3 is 0 Å². The zero-order valence-corrected chi connectivity index (χ0v) is 23.4. The van der Waals surface area contributed by atoms with Crippen LogP contribution in [0.3, 0.4) is 0 Å². The Labute approximate surface area is 221 Å². The van der Waals surface area contributed by atoms with Gasteiger partial charge in [0, 0.05) is 37.1 Å². The van der Waals surface area contributed by atoms with E-state index in [1.165, 1.54) is 31.1 Å². The molecule has 0 atom stereocenters. The summed E-state index contributed by atoms with van der Waals surface area (Å²) in [6, 6.07) is 22.1. The molecule has 0 saturated carbocycles. The van der Waals surface area contributed by atoms with Crippen molar-refractivity contribution < 1.29 is 34.4 Å². The summed E-state index contributed by atoms with van der Waals surface area (Å²) in [7, 11) is 0. The third-order valence-corrected chi connectivity index (χ3v) is 5.40. The number of aromatic nitrogens is 1. The van der Waals surface area contributed by atoms with Gasteiger partial charge in [0.1, 0.15) is 5.76 Å². The molecule has 1 N–H and O–H groups in total. The van der Waals surface area contributed by atoms with Crippen LogP contribution >= 0.6 is 0 Å². The van der Waals surface area contributed by atoms with Gasteiger partial charge in [-0.1, -0.05) is 39.8 Å². The van der Waals surface area contributed by atoms with Crippen molar-refractivity contribution in [2.24, 2.45) is 0 Å².